The van der Waals surface area contributed by atoms with Crippen LogP contribution in [0.4, 0.5) is 0 Å². The number of carbonyl (C=O) groups is 1. The van der Waals surface area contributed by atoms with E-state index in [9.17, 15) is 4.79 Å². The highest BCUT2D eigenvalue weighted by Crippen LogP contribution is 2.27. The zero-order valence-electron chi connectivity index (χ0n) is 12.3. The van der Waals surface area contributed by atoms with Crippen LogP contribution in [0.25, 0.3) is 5.65 Å². The van der Waals surface area contributed by atoms with Crippen LogP contribution in [-0.2, 0) is 11.3 Å². The van der Waals surface area contributed by atoms with Crippen LogP contribution in [0.15, 0.2) is 47.2 Å². The maximum atomic E-state index is 11.9. The number of fused-ring (bicyclic) bond motifs is 1. The molecular weight excluding hydrogens is 417 g/mol. The molecule has 0 fully saturated rings. The van der Waals surface area contributed by atoms with Gasteiger partial charge >= 0.3 is 0 Å². The van der Waals surface area contributed by atoms with Crippen molar-refractivity contribution >= 4 is 50.7 Å². The Morgan fingerprint density at radius 1 is 1.25 bits per heavy atom. The minimum Gasteiger partial charge on any atom is -0.482 e. The number of hydrogen-bond acceptors (Lipinski definition) is 3. The molecule has 0 bridgehead atoms. The summed E-state index contributed by atoms with van der Waals surface area (Å²) in [7, 11) is 0. The van der Waals surface area contributed by atoms with Gasteiger partial charge in [0.05, 0.1) is 17.3 Å². The molecule has 0 aliphatic rings. The Bertz CT molecular complexity index is 898. The van der Waals surface area contributed by atoms with E-state index in [0.717, 1.165) is 15.8 Å². The normalized spacial score (nSPS) is 10.8. The van der Waals surface area contributed by atoms with Gasteiger partial charge in [-0.2, -0.15) is 0 Å². The molecule has 0 aliphatic carbocycles. The third-order valence-electron chi connectivity index (χ3n) is 3.18. The molecule has 24 heavy (non-hydrogen) atoms. The maximum Gasteiger partial charge on any atom is 0.258 e. The molecular formula is C16H12BrCl2N3O2. The Balaban J connectivity index is 1.54. The standard InChI is InChI=1S/C16H12BrCl2N3O2/c17-10-1-4-15-21-12(8-22(15)7-10)6-20-16(23)9-24-14-3-2-11(18)5-13(14)19/h1-5,7-8H,6,9H2,(H,20,23). The van der Waals surface area contributed by atoms with Crippen LogP contribution in [0.5, 0.6) is 5.75 Å². The Kier molecular flexibility index (Phi) is 5.28. The van der Waals surface area contributed by atoms with Gasteiger partial charge in [0.1, 0.15) is 11.4 Å². The van der Waals surface area contributed by atoms with Gasteiger partial charge in [0, 0.05) is 21.9 Å². The van der Waals surface area contributed by atoms with Gasteiger partial charge in [0.15, 0.2) is 6.61 Å². The van der Waals surface area contributed by atoms with Crippen molar-refractivity contribution in [2.24, 2.45) is 0 Å². The minimum atomic E-state index is -0.265. The predicted octanol–water partition coefficient (Wildman–Crippen LogP) is 4.10. The molecule has 0 saturated heterocycles. The zero-order valence-corrected chi connectivity index (χ0v) is 15.4. The number of halogens is 3. The lowest BCUT2D eigenvalue weighted by atomic mass is 10.3. The number of nitrogens with one attached hydrogen (secondary N) is 1. The van der Waals surface area contributed by atoms with Crippen LogP contribution >= 0.6 is 39.1 Å². The highest BCUT2D eigenvalue weighted by Gasteiger charge is 2.08. The van der Waals surface area contributed by atoms with Crippen LogP contribution in [0, 0.1) is 0 Å². The first-order valence-electron chi connectivity index (χ1n) is 6.99. The second-order valence-corrected chi connectivity index (χ2v) is 6.74. The van der Waals surface area contributed by atoms with Crippen LogP contribution < -0.4 is 10.1 Å². The minimum absolute atomic E-state index is 0.139. The van der Waals surface area contributed by atoms with Crippen molar-refractivity contribution in [3.8, 4) is 5.75 Å². The third-order valence-corrected chi connectivity index (χ3v) is 4.18. The van der Waals surface area contributed by atoms with Gasteiger partial charge in [-0.1, -0.05) is 23.2 Å². The molecule has 0 saturated carbocycles. The van der Waals surface area contributed by atoms with E-state index in [4.69, 9.17) is 27.9 Å². The second kappa shape index (κ2) is 7.42. The molecule has 0 atom stereocenters. The summed E-state index contributed by atoms with van der Waals surface area (Å²) in [6.45, 7) is 0.177. The second-order valence-electron chi connectivity index (χ2n) is 4.99. The average Bonchev–Trinajstić information content (AvgIpc) is 2.94. The topological polar surface area (TPSA) is 55.6 Å². The molecule has 0 spiro atoms. The highest BCUT2D eigenvalue weighted by molar-refractivity contribution is 9.10. The van der Waals surface area contributed by atoms with E-state index in [1.165, 1.54) is 0 Å². The molecule has 3 aromatic rings. The van der Waals surface area contributed by atoms with E-state index in [1.54, 1.807) is 18.2 Å². The Morgan fingerprint density at radius 3 is 2.88 bits per heavy atom. The summed E-state index contributed by atoms with van der Waals surface area (Å²) in [5.74, 6) is 0.146. The summed E-state index contributed by atoms with van der Waals surface area (Å²) >= 11 is 15.2. The average molecular weight is 429 g/mol. The molecule has 1 amide bonds. The van der Waals surface area contributed by atoms with Gasteiger partial charge in [-0.3, -0.25) is 4.79 Å². The third kappa shape index (κ3) is 4.20. The maximum absolute atomic E-state index is 11.9. The fourth-order valence-corrected chi connectivity index (χ4v) is 2.89. The molecule has 2 heterocycles. The Labute approximate surface area is 156 Å². The van der Waals surface area contributed by atoms with Crippen LogP contribution in [0.3, 0.4) is 0 Å². The quantitative estimate of drug-likeness (QED) is 0.665. The molecule has 3 rings (SSSR count). The van der Waals surface area contributed by atoms with Crippen LogP contribution in [0.2, 0.25) is 10.0 Å². The molecule has 5 nitrogen and oxygen atoms in total. The van der Waals surface area contributed by atoms with Crippen LogP contribution in [-0.4, -0.2) is 21.9 Å². The van der Waals surface area contributed by atoms with Gasteiger partial charge in [-0.05, 0) is 46.3 Å². The summed E-state index contributed by atoms with van der Waals surface area (Å²) in [6, 6.07) is 8.63. The van der Waals surface area contributed by atoms with E-state index < -0.39 is 0 Å². The number of amides is 1. The molecule has 0 unspecified atom stereocenters. The number of hydrogen-bond donors (Lipinski definition) is 1. The van der Waals surface area contributed by atoms with Gasteiger partial charge in [-0.15, -0.1) is 0 Å². The van der Waals surface area contributed by atoms with E-state index in [0.29, 0.717) is 22.3 Å². The van der Waals surface area contributed by atoms with E-state index in [-0.39, 0.29) is 12.5 Å². The Hall–Kier alpha value is -1.76. The molecule has 1 N–H and O–H groups in total. The number of aromatic nitrogens is 2. The molecule has 124 valence electrons. The molecule has 2 aromatic heterocycles. The number of nitrogens with zero attached hydrogens (tertiary/aromatic N) is 2. The lowest BCUT2D eigenvalue weighted by Gasteiger charge is -2.08. The first-order valence-corrected chi connectivity index (χ1v) is 8.54. The fourth-order valence-electron chi connectivity index (χ4n) is 2.08. The highest BCUT2D eigenvalue weighted by atomic mass is 79.9. The van der Waals surface area contributed by atoms with Gasteiger partial charge < -0.3 is 14.5 Å². The Morgan fingerprint density at radius 2 is 2.08 bits per heavy atom. The summed E-state index contributed by atoms with van der Waals surface area (Å²) in [5, 5.41) is 3.63. The van der Waals surface area contributed by atoms with Crippen molar-refractivity contribution < 1.29 is 9.53 Å². The molecule has 8 heteroatoms. The summed E-state index contributed by atoms with van der Waals surface area (Å²) in [6.07, 6.45) is 3.76. The summed E-state index contributed by atoms with van der Waals surface area (Å²) in [4.78, 5) is 16.3. The SMILES string of the molecule is O=C(COc1ccc(Cl)cc1Cl)NCc1cn2cc(Br)ccc2n1. The van der Waals surface area contributed by atoms with E-state index in [2.05, 4.69) is 26.2 Å². The number of imidazole rings is 1. The number of ether oxygens (including phenoxy) is 1. The number of benzene rings is 1. The largest absolute Gasteiger partial charge is 0.482 e. The fraction of sp³-hybridized carbons (Fsp3) is 0.125. The number of carbonyl (C=O) groups excluding carboxylic acids is 1. The van der Waals surface area contributed by atoms with Crippen molar-refractivity contribution in [1.29, 1.82) is 0 Å². The van der Waals surface area contributed by atoms with Crippen molar-refractivity contribution in [3.05, 3.63) is 62.9 Å². The van der Waals surface area contributed by atoms with Crippen molar-refractivity contribution in [1.82, 2.24) is 14.7 Å². The monoisotopic (exact) mass is 427 g/mol. The first-order chi connectivity index (χ1) is 11.5. The summed E-state index contributed by atoms with van der Waals surface area (Å²) < 4.78 is 8.22. The van der Waals surface area contributed by atoms with Gasteiger partial charge in [0.2, 0.25) is 0 Å². The predicted molar refractivity (Wildman–Crippen MR) is 96.7 cm³/mol. The molecule has 0 aliphatic heterocycles. The molecule has 0 radical (unpaired) electrons. The van der Waals surface area contributed by atoms with Gasteiger partial charge in [0.25, 0.3) is 5.91 Å². The van der Waals surface area contributed by atoms with Gasteiger partial charge in [-0.25, -0.2) is 4.98 Å². The zero-order chi connectivity index (χ0) is 17.1. The van der Waals surface area contributed by atoms with Crippen molar-refractivity contribution in [2.45, 2.75) is 6.54 Å². The lowest BCUT2D eigenvalue weighted by molar-refractivity contribution is -0.123. The van der Waals surface area contributed by atoms with Crippen LogP contribution in [0.1, 0.15) is 5.69 Å². The van der Waals surface area contributed by atoms with E-state index in [1.807, 2.05) is 28.9 Å². The van der Waals surface area contributed by atoms with Crippen molar-refractivity contribution in [2.75, 3.05) is 6.61 Å². The lowest BCUT2D eigenvalue weighted by Crippen LogP contribution is -2.28. The number of pyridine rings is 1. The van der Waals surface area contributed by atoms with Crippen molar-refractivity contribution in [3.63, 3.8) is 0 Å². The summed E-state index contributed by atoms with van der Waals surface area (Å²) in [5.41, 5.74) is 1.57. The smallest absolute Gasteiger partial charge is 0.258 e. The molecule has 1 aromatic carbocycles. The van der Waals surface area contributed by atoms with E-state index >= 15 is 0 Å². The first kappa shape index (κ1) is 17.1. The number of rotatable bonds is 5.